The molecule has 0 saturated carbocycles. The number of fused-ring (bicyclic) bond motifs is 1. The third-order valence-electron chi connectivity index (χ3n) is 3.61. The Balaban J connectivity index is 2.23. The van der Waals surface area contributed by atoms with Gasteiger partial charge in [0.15, 0.2) is 0 Å². The largest absolute Gasteiger partial charge is 0.443 e. The van der Waals surface area contributed by atoms with E-state index in [1.54, 1.807) is 4.90 Å². The number of aliphatic hydroxyl groups excluding tert-OH is 1. The van der Waals surface area contributed by atoms with E-state index in [0.717, 1.165) is 17.7 Å². The van der Waals surface area contributed by atoms with Gasteiger partial charge in [0.05, 0.1) is 12.3 Å². The topological polar surface area (TPSA) is 53.0 Å². The van der Waals surface area contributed by atoms with Crippen LogP contribution in [0.2, 0.25) is 0 Å². The number of rotatable bonds is 4. The van der Waals surface area contributed by atoms with Crippen LogP contribution in [0.15, 0.2) is 18.2 Å². The van der Waals surface area contributed by atoms with Gasteiger partial charge in [0.2, 0.25) is 0 Å². The van der Waals surface area contributed by atoms with Crippen LogP contribution in [0.5, 0.6) is 0 Å². The van der Waals surface area contributed by atoms with E-state index in [2.05, 4.69) is 6.07 Å². The molecular formula is C17H26N2O3. The summed E-state index contributed by atoms with van der Waals surface area (Å²) in [6.45, 7) is 7.72. The lowest BCUT2D eigenvalue weighted by Crippen LogP contribution is -2.36. The first-order valence-electron chi connectivity index (χ1n) is 7.72. The zero-order chi connectivity index (χ0) is 16.3. The fourth-order valence-corrected chi connectivity index (χ4v) is 2.70. The molecule has 0 atom stereocenters. The molecule has 0 unspecified atom stereocenters. The second-order valence-corrected chi connectivity index (χ2v) is 6.77. The van der Waals surface area contributed by atoms with Gasteiger partial charge < -0.3 is 9.84 Å². The zero-order valence-corrected chi connectivity index (χ0v) is 13.9. The number of benzene rings is 1. The van der Waals surface area contributed by atoms with Gasteiger partial charge in [-0.05, 0) is 45.4 Å². The van der Waals surface area contributed by atoms with Crippen molar-refractivity contribution in [2.45, 2.75) is 39.3 Å². The van der Waals surface area contributed by atoms with Gasteiger partial charge in [-0.2, -0.15) is 0 Å². The maximum Gasteiger partial charge on any atom is 0.414 e. The summed E-state index contributed by atoms with van der Waals surface area (Å²) in [5.41, 5.74) is 2.75. The molecule has 1 N–H and O–H groups in total. The first kappa shape index (κ1) is 16.8. The van der Waals surface area contributed by atoms with Gasteiger partial charge in [0.25, 0.3) is 0 Å². The van der Waals surface area contributed by atoms with Crippen LogP contribution in [0, 0.1) is 0 Å². The SMILES string of the molecule is CN(CCO)Cc1cccc2c1N(C(=O)OC(C)(C)C)CC2. The Bertz CT molecular complexity index is 537. The molecule has 1 aliphatic rings. The van der Waals surface area contributed by atoms with Crippen molar-refractivity contribution in [3.63, 3.8) is 0 Å². The number of carbonyl (C=O) groups is 1. The molecule has 0 aromatic heterocycles. The fourth-order valence-electron chi connectivity index (χ4n) is 2.70. The van der Waals surface area contributed by atoms with Crippen molar-refractivity contribution < 1.29 is 14.6 Å². The summed E-state index contributed by atoms with van der Waals surface area (Å²) in [5.74, 6) is 0. The standard InChI is InChI=1S/C17H26N2O3/c1-17(2,3)22-16(21)19-9-8-13-6-5-7-14(15(13)19)12-18(4)10-11-20/h5-7,20H,8-12H2,1-4H3. The minimum atomic E-state index is -0.498. The van der Waals surface area contributed by atoms with E-state index in [1.807, 2.05) is 44.9 Å². The molecule has 22 heavy (non-hydrogen) atoms. The third-order valence-corrected chi connectivity index (χ3v) is 3.61. The summed E-state index contributed by atoms with van der Waals surface area (Å²) in [6, 6.07) is 6.13. The van der Waals surface area contributed by atoms with E-state index >= 15 is 0 Å². The Kier molecular flexibility index (Phi) is 5.08. The predicted molar refractivity (Wildman–Crippen MR) is 87.1 cm³/mol. The van der Waals surface area contributed by atoms with Gasteiger partial charge in [0.1, 0.15) is 5.60 Å². The van der Waals surface area contributed by atoms with Crippen LogP contribution in [0.3, 0.4) is 0 Å². The molecule has 1 aromatic rings. The molecule has 0 spiro atoms. The van der Waals surface area contributed by atoms with Crippen LogP contribution >= 0.6 is 0 Å². The van der Waals surface area contributed by atoms with Gasteiger partial charge in [-0.25, -0.2) is 4.79 Å². The van der Waals surface area contributed by atoms with E-state index in [0.29, 0.717) is 19.6 Å². The normalized spacial score (nSPS) is 14.4. The van der Waals surface area contributed by atoms with Crippen LogP contribution in [-0.4, -0.2) is 48.4 Å². The Hall–Kier alpha value is -1.59. The molecule has 1 aliphatic heterocycles. The summed E-state index contributed by atoms with van der Waals surface area (Å²) < 4.78 is 5.52. The summed E-state index contributed by atoms with van der Waals surface area (Å²) in [7, 11) is 1.96. The van der Waals surface area contributed by atoms with Crippen LogP contribution in [0.25, 0.3) is 0 Å². The first-order chi connectivity index (χ1) is 10.3. The molecule has 0 fully saturated rings. The number of aliphatic hydroxyl groups is 1. The monoisotopic (exact) mass is 306 g/mol. The van der Waals surface area contributed by atoms with Crippen molar-refractivity contribution in [3.8, 4) is 0 Å². The highest BCUT2D eigenvalue weighted by atomic mass is 16.6. The fraction of sp³-hybridized carbons (Fsp3) is 0.588. The number of ether oxygens (including phenoxy) is 1. The molecule has 1 amide bonds. The van der Waals surface area contributed by atoms with Crippen molar-refractivity contribution in [2.24, 2.45) is 0 Å². The molecule has 5 heteroatoms. The van der Waals surface area contributed by atoms with Crippen molar-refractivity contribution in [3.05, 3.63) is 29.3 Å². The molecule has 0 saturated heterocycles. The maximum absolute atomic E-state index is 12.4. The first-order valence-corrected chi connectivity index (χ1v) is 7.72. The Labute approximate surface area is 132 Å². The average molecular weight is 306 g/mol. The molecule has 1 aromatic carbocycles. The molecule has 0 bridgehead atoms. The molecule has 1 heterocycles. The van der Waals surface area contributed by atoms with Crippen LogP contribution in [-0.2, 0) is 17.7 Å². The van der Waals surface area contributed by atoms with E-state index in [1.165, 1.54) is 5.56 Å². The summed E-state index contributed by atoms with van der Waals surface area (Å²) >= 11 is 0. The molecule has 0 radical (unpaired) electrons. The highest BCUT2D eigenvalue weighted by Gasteiger charge is 2.30. The lowest BCUT2D eigenvalue weighted by Gasteiger charge is -2.27. The smallest absolute Gasteiger partial charge is 0.414 e. The zero-order valence-electron chi connectivity index (χ0n) is 13.9. The minimum Gasteiger partial charge on any atom is -0.443 e. The van der Waals surface area contributed by atoms with Gasteiger partial charge in [-0.1, -0.05) is 18.2 Å². The van der Waals surface area contributed by atoms with Crippen molar-refractivity contribution in [1.29, 1.82) is 0 Å². The number of hydrogen-bond donors (Lipinski definition) is 1. The van der Waals surface area contributed by atoms with E-state index in [4.69, 9.17) is 9.84 Å². The van der Waals surface area contributed by atoms with Crippen LogP contribution in [0.4, 0.5) is 10.5 Å². The molecular weight excluding hydrogens is 280 g/mol. The Morgan fingerprint density at radius 1 is 1.41 bits per heavy atom. The number of para-hydroxylation sites is 1. The Morgan fingerprint density at radius 2 is 2.14 bits per heavy atom. The van der Waals surface area contributed by atoms with Crippen LogP contribution < -0.4 is 4.90 Å². The quantitative estimate of drug-likeness (QED) is 0.928. The highest BCUT2D eigenvalue weighted by molar-refractivity contribution is 5.91. The number of hydrogen-bond acceptors (Lipinski definition) is 4. The van der Waals surface area contributed by atoms with Gasteiger partial charge in [-0.15, -0.1) is 0 Å². The molecule has 2 rings (SSSR count). The lowest BCUT2D eigenvalue weighted by molar-refractivity contribution is 0.0583. The molecule has 0 aliphatic carbocycles. The van der Waals surface area contributed by atoms with Crippen molar-refractivity contribution in [2.75, 3.05) is 31.6 Å². The maximum atomic E-state index is 12.4. The van der Waals surface area contributed by atoms with Crippen molar-refractivity contribution >= 4 is 11.8 Å². The van der Waals surface area contributed by atoms with E-state index < -0.39 is 5.60 Å². The summed E-state index contributed by atoms with van der Waals surface area (Å²) in [5, 5.41) is 9.05. The second kappa shape index (κ2) is 6.67. The number of carbonyl (C=O) groups excluding carboxylic acids is 1. The number of nitrogens with zero attached hydrogens (tertiary/aromatic N) is 2. The third kappa shape index (κ3) is 3.99. The van der Waals surface area contributed by atoms with E-state index in [-0.39, 0.29) is 12.7 Å². The predicted octanol–water partition coefficient (Wildman–Crippen LogP) is 2.41. The van der Waals surface area contributed by atoms with Crippen LogP contribution in [0.1, 0.15) is 31.9 Å². The van der Waals surface area contributed by atoms with Gasteiger partial charge >= 0.3 is 6.09 Å². The molecule has 5 nitrogen and oxygen atoms in total. The number of anilines is 1. The summed E-state index contributed by atoms with van der Waals surface area (Å²) in [4.78, 5) is 16.2. The second-order valence-electron chi connectivity index (χ2n) is 6.77. The van der Waals surface area contributed by atoms with E-state index in [9.17, 15) is 4.79 Å². The molecule has 122 valence electrons. The van der Waals surface area contributed by atoms with Crippen molar-refractivity contribution in [1.82, 2.24) is 4.90 Å². The minimum absolute atomic E-state index is 0.126. The highest BCUT2D eigenvalue weighted by Crippen LogP contribution is 2.33. The average Bonchev–Trinajstić information content (AvgIpc) is 2.82. The number of amides is 1. The summed E-state index contributed by atoms with van der Waals surface area (Å²) in [6.07, 6.45) is 0.565. The Morgan fingerprint density at radius 3 is 2.77 bits per heavy atom. The van der Waals surface area contributed by atoms with Gasteiger partial charge in [-0.3, -0.25) is 9.80 Å². The lowest BCUT2D eigenvalue weighted by atomic mass is 10.1. The van der Waals surface area contributed by atoms with Gasteiger partial charge in [0, 0.05) is 19.6 Å². The number of likely N-dealkylation sites (N-methyl/N-ethyl adjacent to an activating group) is 1.